The van der Waals surface area contributed by atoms with E-state index in [4.69, 9.17) is 0 Å². The molecule has 0 saturated carbocycles. The summed E-state index contributed by atoms with van der Waals surface area (Å²) in [6, 6.07) is 10.3. The molecule has 6 heteroatoms. The van der Waals surface area contributed by atoms with Gasteiger partial charge in [-0.15, -0.1) is 0 Å². The van der Waals surface area contributed by atoms with Crippen LogP contribution in [0.25, 0.3) is 22.4 Å². The Kier molecular flexibility index (Phi) is 3.93. The molecule has 0 bridgehead atoms. The minimum absolute atomic E-state index is 0.338. The van der Waals surface area contributed by atoms with Crippen molar-refractivity contribution < 1.29 is 0 Å². The summed E-state index contributed by atoms with van der Waals surface area (Å²) < 4.78 is 2.17. The monoisotopic (exact) mass is 332 g/mol. The van der Waals surface area contributed by atoms with Gasteiger partial charge in [0.25, 0.3) is 0 Å². The highest BCUT2D eigenvalue weighted by Crippen LogP contribution is 2.30. The molecule has 2 N–H and O–H groups in total. The number of rotatable bonds is 5. The molecule has 0 aliphatic rings. The van der Waals surface area contributed by atoms with Gasteiger partial charge in [0.1, 0.15) is 17.3 Å². The SMILES string of the molecule is CC(C)n1ccnc1-c1cc(NCc2ccccn2)nc2[nH]ccc12. The van der Waals surface area contributed by atoms with Crippen molar-refractivity contribution in [3.05, 3.63) is 60.8 Å². The van der Waals surface area contributed by atoms with Crippen LogP contribution < -0.4 is 5.32 Å². The Hall–Kier alpha value is -3.15. The Morgan fingerprint density at radius 3 is 2.88 bits per heavy atom. The summed E-state index contributed by atoms with van der Waals surface area (Å²) in [5.41, 5.74) is 2.88. The number of aromatic amines is 1. The fourth-order valence-corrected chi connectivity index (χ4v) is 2.94. The van der Waals surface area contributed by atoms with E-state index in [-0.39, 0.29) is 0 Å². The van der Waals surface area contributed by atoms with Crippen molar-refractivity contribution in [1.82, 2.24) is 24.5 Å². The van der Waals surface area contributed by atoms with E-state index in [2.05, 4.69) is 49.7 Å². The molecule has 0 atom stereocenters. The van der Waals surface area contributed by atoms with Gasteiger partial charge < -0.3 is 14.9 Å². The fourth-order valence-electron chi connectivity index (χ4n) is 2.94. The minimum atomic E-state index is 0.338. The third-order valence-corrected chi connectivity index (χ3v) is 4.17. The first-order chi connectivity index (χ1) is 12.2. The zero-order chi connectivity index (χ0) is 17.2. The lowest BCUT2D eigenvalue weighted by Gasteiger charge is -2.13. The van der Waals surface area contributed by atoms with Crippen molar-refractivity contribution in [3.8, 4) is 11.4 Å². The summed E-state index contributed by atoms with van der Waals surface area (Å²) in [6.07, 6.45) is 7.56. The number of H-pyrrole nitrogens is 1. The number of imidazole rings is 1. The Bertz CT molecular complexity index is 984. The number of nitrogens with one attached hydrogen (secondary N) is 2. The molecule has 4 heterocycles. The first-order valence-corrected chi connectivity index (χ1v) is 8.37. The van der Waals surface area contributed by atoms with Gasteiger partial charge in [0.15, 0.2) is 0 Å². The molecule has 4 aromatic heterocycles. The molecule has 126 valence electrons. The van der Waals surface area contributed by atoms with E-state index in [1.54, 1.807) is 6.20 Å². The maximum absolute atomic E-state index is 4.66. The van der Waals surface area contributed by atoms with Crippen molar-refractivity contribution in [1.29, 1.82) is 0 Å². The molecule has 0 fully saturated rings. The molecule has 0 radical (unpaired) electrons. The van der Waals surface area contributed by atoms with E-state index in [0.29, 0.717) is 12.6 Å². The molecule has 4 aromatic rings. The third-order valence-electron chi connectivity index (χ3n) is 4.17. The number of hydrogen-bond acceptors (Lipinski definition) is 4. The molecule has 0 aliphatic carbocycles. The molecule has 0 saturated heterocycles. The predicted octanol–water partition coefficient (Wildman–Crippen LogP) is 4.01. The van der Waals surface area contributed by atoms with Gasteiger partial charge in [-0.1, -0.05) is 6.07 Å². The van der Waals surface area contributed by atoms with Crippen LogP contribution in [0.2, 0.25) is 0 Å². The summed E-state index contributed by atoms with van der Waals surface area (Å²) in [4.78, 5) is 16.8. The van der Waals surface area contributed by atoms with E-state index in [9.17, 15) is 0 Å². The highest BCUT2D eigenvalue weighted by Gasteiger charge is 2.14. The average Bonchev–Trinajstić information content (AvgIpc) is 3.29. The molecule has 25 heavy (non-hydrogen) atoms. The number of fused-ring (bicyclic) bond motifs is 1. The first kappa shape index (κ1) is 15.4. The van der Waals surface area contributed by atoms with Crippen LogP contribution in [0, 0.1) is 0 Å². The summed E-state index contributed by atoms with van der Waals surface area (Å²) in [5.74, 6) is 1.75. The van der Waals surface area contributed by atoms with Gasteiger partial charge >= 0.3 is 0 Å². The Balaban J connectivity index is 1.73. The zero-order valence-electron chi connectivity index (χ0n) is 14.3. The molecule has 6 nitrogen and oxygen atoms in total. The molecule has 0 spiro atoms. The number of pyridine rings is 2. The van der Waals surface area contributed by atoms with E-state index in [1.165, 1.54) is 0 Å². The minimum Gasteiger partial charge on any atom is -0.364 e. The van der Waals surface area contributed by atoms with Crippen LogP contribution in [-0.2, 0) is 6.54 Å². The summed E-state index contributed by atoms with van der Waals surface area (Å²) in [5, 5.41) is 4.43. The van der Waals surface area contributed by atoms with Gasteiger partial charge in [-0.25, -0.2) is 9.97 Å². The Labute approximate surface area is 146 Å². The van der Waals surface area contributed by atoms with E-state index in [0.717, 1.165) is 33.9 Å². The summed E-state index contributed by atoms with van der Waals surface area (Å²) >= 11 is 0. The summed E-state index contributed by atoms with van der Waals surface area (Å²) in [7, 11) is 0. The molecule has 0 amide bonds. The maximum atomic E-state index is 4.66. The van der Waals surface area contributed by atoms with Crippen molar-refractivity contribution >= 4 is 16.9 Å². The van der Waals surface area contributed by atoms with Crippen molar-refractivity contribution in [3.63, 3.8) is 0 Å². The quantitative estimate of drug-likeness (QED) is 0.579. The van der Waals surface area contributed by atoms with Gasteiger partial charge in [-0.3, -0.25) is 4.98 Å². The fraction of sp³-hybridized carbons (Fsp3) is 0.211. The smallest absolute Gasteiger partial charge is 0.141 e. The molecule has 0 aromatic carbocycles. The van der Waals surface area contributed by atoms with Crippen LogP contribution in [0.4, 0.5) is 5.82 Å². The molecule has 0 aliphatic heterocycles. The van der Waals surface area contributed by atoms with Crippen LogP contribution in [0.3, 0.4) is 0 Å². The lowest BCUT2D eigenvalue weighted by Crippen LogP contribution is -2.05. The van der Waals surface area contributed by atoms with Crippen molar-refractivity contribution in [2.75, 3.05) is 5.32 Å². The average molecular weight is 332 g/mol. The second-order valence-corrected chi connectivity index (χ2v) is 6.22. The lowest BCUT2D eigenvalue weighted by molar-refractivity contribution is 0.607. The van der Waals surface area contributed by atoms with Gasteiger partial charge in [0.05, 0.1) is 12.2 Å². The van der Waals surface area contributed by atoms with Crippen LogP contribution in [0.15, 0.2) is 55.1 Å². The molecular formula is C19H20N6. The second kappa shape index (κ2) is 6.39. The zero-order valence-corrected chi connectivity index (χ0v) is 14.3. The van der Waals surface area contributed by atoms with Crippen LogP contribution in [0.1, 0.15) is 25.6 Å². The van der Waals surface area contributed by atoms with Crippen molar-refractivity contribution in [2.45, 2.75) is 26.4 Å². The van der Waals surface area contributed by atoms with Gasteiger partial charge in [0, 0.05) is 41.8 Å². The molecular weight excluding hydrogens is 312 g/mol. The second-order valence-electron chi connectivity index (χ2n) is 6.22. The van der Waals surface area contributed by atoms with Crippen LogP contribution in [0.5, 0.6) is 0 Å². The number of hydrogen-bond donors (Lipinski definition) is 2. The molecule has 0 unspecified atom stereocenters. The van der Waals surface area contributed by atoms with Gasteiger partial charge in [-0.05, 0) is 38.1 Å². The summed E-state index contributed by atoms with van der Waals surface area (Å²) in [6.45, 7) is 4.93. The van der Waals surface area contributed by atoms with E-state index in [1.807, 2.05) is 42.9 Å². The first-order valence-electron chi connectivity index (χ1n) is 8.37. The van der Waals surface area contributed by atoms with Gasteiger partial charge in [-0.2, -0.15) is 0 Å². The maximum Gasteiger partial charge on any atom is 0.141 e. The van der Waals surface area contributed by atoms with Crippen molar-refractivity contribution in [2.24, 2.45) is 0 Å². The number of aromatic nitrogens is 5. The predicted molar refractivity (Wildman–Crippen MR) is 99.3 cm³/mol. The largest absolute Gasteiger partial charge is 0.364 e. The van der Waals surface area contributed by atoms with Gasteiger partial charge in [0.2, 0.25) is 0 Å². The van der Waals surface area contributed by atoms with Crippen LogP contribution in [-0.4, -0.2) is 24.5 Å². The topological polar surface area (TPSA) is 71.4 Å². The van der Waals surface area contributed by atoms with Crippen LogP contribution >= 0.6 is 0 Å². The molecule has 4 rings (SSSR count). The normalized spacial score (nSPS) is 11.3. The Morgan fingerprint density at radius 2 is 2.08 bits per heavy atom. The number of anilines is 1. The van der Waals surface area contributed by atoms with E-state index < -0.39 is 0 Å². The highest BCUT2D eigenvalue weighted by atomic mass is 15.1. The lowest BCUT2D eigenvalue weighted by atomic mass is 10.1. The third kappa shape index (κ3) is 2.98. The number of nitrogens with zero attached hydrogens (tertiary/aromatic N) is 4. The van der Waals surface area contributed by atoms with E-state index >= 15 is 0 Å². The standard InChI is InChI=1S/C19H20N6/c1-13(2)25-10-9-22-19(25)16-11-17(24-18-15(16)6-8-21-18)23-12-14-5-3-4-7-20-14/h3-11,13H,12H2,1-2H3,(H2,21,23,24). The Morgan fingerprint density at radius 1 is 1.16 bits per heavy atom. The highest BCUT2D eigenvalue weighted by molar-refractivity contribution is 5.93.